The summed E-state index contributed by atoms with van der Waals surface area (Å²) in [4.78, 5) is 15.8. The van der Waals surface area contributed by atoms with Gasteiger partial charge in [-0.25, -0.2) is 0 Å². The smallest absolute Gasteiger partial charge is 0.257 e. The Kier molecular flexibility index (Phi) is 5.07. The molecule has 1 aliphatic rings. The Morgan fingerprint density at radius 2 is 2.04 bits per heavy atom. The Labute approximate surface area is 139 Å². The van der Waals surface area contributed by atoms with Crippen LogP contribution in [0, 0.1) is 5.92 Å². The van der Waals surface area contributed by atoms with Crippen LogP contribution in [0.2, 0.25) is 0 Å². The number of carbonyl (C=O) groups is 1. The Hall–Kier alpha value is -2.15. The van der Waals surface area contributed by atoms with Crippen LogP contribution in [0.5, 0.6) is 5.88 Å². The first-order chi connectivity index (χ1) is 11.2. The lowest BCUT2D eigenvalue weighted by molar-refractivity contribution is 0.0995. The molecule has 1 fully saturated rings. The third-order valence-electron chi connectivity index (χ3n) is 4.03. The quantitative estimate of drug-likeness (QED) is 0.846. The Bertz CT molecular complexity index is 653. The van der Waals surface area contributed by atoms with Crippen molar-refractivity contribution in [3.8, 4) is 5.88 Å². The fraction of sp³-hybridized carbons (Fsp3) is 0.438. The van der Waals surface area contributed by atoms with Gasteiger partial charge in [0.2, 0.25) is 5.88 Å². The van der Waals surface area contributed by atoms with Gasteiger partial charge in [0.25, 0.3) is 5.91 Å². The van der Waals surface area contributed by atoms with Gasteiger partial charge >= 0.3 is 0 Å². The van der Waals surface area contributed by atoms with Crippen LogP contribution < -0.4 is 15.8 Å². The molecule has 0 spiro atoms. The largest absolute Gasteiger partial charge is 0.476 e. The molecule has 6 nitrogen and oxygen atoms in total. The van der Waals surface area contributed by atoms with Crippen LogP contribution in [0.15, 0.2) is 24.5 Å². The summed E-state index contributed by atoms with van der Waals surface area (Å²) in [5, 5.41) is 3.75. The zero-order valence-electron chi connectivity index (χ0n) is 12.8. The Balaban J connectivity index is 1.71. The summed E-state index contributed by atoms with van der Waals surface area (Å²) in [6.07, 6.45) is 9.52. The monoisotopic (exact) mass is 332 g/mol. The molecular weight excluding hydrogens is 312 g/mol. The maximum Gasteiger partial charge on any atom is 0.257 e. The van der Waals surface area contributed by atoms with Crippen molar-refractivity contribution in [2.24, 2.45) is 11.7 Å². The van der Waals surface area contributed by atoms with Crippen LogP contribution in [-0.4, -0.2) is 21.9 Å². The first-order valence-corrected chi connectivity index (χ1v) is 8.60. The van der Waals surface area contributed by atoms with Crippen molar-refractivity contribution < 1.29 is 9.53 Å². The van der Waals surface area contributed by atoms with E-state index in [1.807, 2.05) is 12.1 Å². The molecule has 1 saturated carbocycles. The van der Waals surface area contributed by atoms with Crippen LogP contribution in [0.25, 0.3) is 0 Å². The maximum absolute atomic E-state index is 11.8. The minimum atomic E-state index is -0.533. The van der Waals surface area contributed by atoms with E-state index in [1.165, 1.54) is 43.6 Å². The molecule has 0 bridgehead atoms. The lowest BCUT2D eigenvalue weighted by Gasteiger charge is -2.21. The molecule has 0 unspecified atom stereocenters. The van der Waals surface area contributed by atoms with Gasteiger partial charge in [-0.2, -0.15) is 4.37 Å². The average Bonchev–Trinajstić information content (AvgIpc) is 2.98. The molecule has 0 radical (unpaired) electrons. The van der Waals surface area contributed by atoms with Gasteiger partial charge < -0.3 is 15.8 Å². The number of nitrogens with zero attached hydrogens (tertiary/aromatic N) is 2. The third-order valence-corrected chi connectivity index (χ3v) is 4.77. The summed E-state index contributed by atoms with van der Waals surface area (Å²) < 4.78 is 10.1. The number of ether oxygens (including phenoxy) is 1. The third kappa shape index (κ3) is 3.98. The van der Waals surface area contributed by atoms with E-state index in [2.05, 4.69) is 14.7 Å². The van der Waals surface area contributed by atoms with Crippen molar-refractivity contribution in [1.29, 1.82) is 0 Å². The van der Waals surface area contributed by atoms with Gasteiger partial charge in [0, 0.05) is 18.1 Å². The van der Waals surface area contributed by atoms with Crippen LogP contribution in [0.3, 0.4) is 0 Å². The molecule has 2 aromatic heterocycles. The number of rotatable bonds is 6. The Morgan fingerprint density at radius 3 is 2.74 bits per heavy atom. The SMILES string of the molecule is NC(=O)c1c(OCC2CCCCC2)nsc1Nc1ccncc1. The average molecular weight is 332 g/mol. The standard InChI is InChI=1S/C16H20N4O2S/c17-14(21)13-15(22-10-11-4-2-1-3-5-11)20-23-16(13)19-12-6-8-18-9-7-12/h6-9,11H,1-5,10H2,(H2,17,21)(H,18,19). The van der Waals surface area contributed by atoms with E-state index in [4.69, 9.17) is 10.5 Å². The molecule has 1 amide bonds. The number of hydrogen-bond acceptors (Lipinski definition) is 6. The van der Waals surface area contributed by atoms with Crippen LogP contribution in [0.4, 0.5) is 10.7 Å². The summed E-state index contributed by atoms with van der Waals surface area (Å²) in [5.74, 6) is 0.348. The lowest BCUT2D eigenvalue weighted by atomic mass is 9.90. The second kappa shape index (κ2) is 7.41. The minimum absolute atomic E-state index is 0.322. The number of amides is 1. The van der Waals surface area contributed by atoms with Gasteiger partial charge in [-0.1, -0.05) is 19.3 Å². The van der Waals surface area contributed by atoms with Crippen LogP contribution >= 0.6 is 11.5 Å². The molecule has 0 saturated heterocycles. The molecule has 0 aromatic carbocycles. The van der Waals surface area contributed by atoms with Gasteiger partial charge in [0.15, 0.2) is 0 Å². The number of nitrogens with one attached hydrogen (secondary N) is 1. The predicted molar refractivity (Wildman–Crippen MR) is 90.2 cm³/mol. The number of aromatic nitrogens is 2. The van der Waals surface area contributed by atoms with Crippen molar-refractivity contribution in [3.63, 3.8) is 0 Å². The van der Waals surface area contributed by atoms with Crippen LogP contribution in [0.1, 0.15) is 42.5 Å². The maximum atomic E-state index is 11.8. The molecule has 23 heavy (non-hydrogen) atoms. The second-order valence-corrected chi connectivity index (χ2v) is 6.51. The lowest BCUT2D eigenvalue weighted by Crippen LogP contribution is -2.18. The van der Waals surface area contributed by atoms with Crippen molar-refractivity contribution in [2.75, 3.05) is 11.9 Å². The second-order valence-electron chi connectivity index (χ2n) is 5.73. The molecule has 3 N–H and O–H groups in total. The summed E-state index contributed by atoms with van der Waals surface area (Å²) in [7, 11) is 0. The Morgan fingerprint density at radius 1 is 1.30 bits per heavy atom. The highest BCUT2D eigenvalue weighted by atomic mass is 32.1. The first kappa shape index (κ1) is 15.7. The normalized spacial score (nSPS) is 15.3. The van der Waals surface area contributed by atoms with E-state index in [-0.39, 0.29) is 0 Å². The molecule has 3 rings (SSSR count). The number of primary amides is 1. The van der Waals surface area contributed by atoms with Gasteiger partial charge in [0.1, 0.15) is 10.6 Å². The number of pyridine rings is 1. The van der Waals surface area contributed by atoms with Crippen molar-refractivity contribution in [2.45, 2.75) is 32.1 Å². The fourth-order valence-electron chi connectivity index (χ4n) is 2.79. The minimum Gasteiger partial charge on any atom is -0.476 e. The zero-order valence-corrected chi connectivity index (χ0v) is 13.6. The van der Waals surface area contributed by atoms with E-state index < -0.39 is 5.91 Å². The van der Waals surface area contributed by atoms with Crippen molar-refractivity contribution in [3.05, 3.63) is 30.1 Å². The number of anilines is 2. The highest BCUT2D eigenvalue weighted by Gasteiger charge is 2.22. The van der Waals surface area contributed by atoms with E-state index in [0.29, 0.717) is 29.0 Å². The molecule has 2 heterocycles. The predicted octanol–water partition coefficient (Wildman–Crippen LogP) is 3.34. The number of carbonyl (C=O) groups excluding carboxylic acids is 1. The summed E-state index contributed by atoms with van der Waals surface area (Å²) >= 11 is 1.18. The van der Waals surface area contributed by atoms with Gasteiger partial charge in [0.05, 0.1) is 6.61 Å². The van der Waals surface area contributed by atoms with E-state index in [9.17, 15) is 4.79 Å². The van der Waals surface area contributed by atoms with Crippen molar-refractivity contribution in [1.82, 2.24) is 9.36 Å². The van der Waals surface area contributed by atoms with E-state index >= 15 is 0 Å². The molecule has 0 aliphatic heterocycles. The number of nitrogens with two attached hydrogens (primary N) is 1. The molecule has 0 atom stereocenters. The van der Waals surface area contributed by atoms with Gasteiger partial charge in [-0.05, 0) is 42.4 Å². The zero-order chi connectivity index (χ0) is 16.1. The summed E-state index contributed by atoms with van der Waals surface area (Å²) in [5.41, 5.74) is 6.66. The van der Waals surface area contributed by atoms with Gasteiger partial charge in [-0.3, -0.25) is 9.78 Å². The van der Waals surface area contributed by atoms with Crippen LogP contribution in [-0.2, 0) is 0 Å². The van der Waals surface area contributed by atoms with E-state index in [1.54, 1.807) is 12.4 Å². The highest BCUT2D eigenvalue weighted by Crippen LogP contribution is 2.33. The first-order valence-electron chi connectivity index (χ1n) is 7.83. The topological polar surface area (TPSA) is 90.1 Å². The summed E-state index contributed by atoms with van der Waals surface area (Å²) in [6, 6.07) is 3.63. The molecular formula is C16H20N4O2S. The molecule has 122 valence electrons. The highest BCUT2D eigenvalue weighted by molar-refractivity contribution is 7.11. The molecule has 2 aromatic rings. The fourth-order valence-corrected chi connectivity index (χ4v) is 3.55. The molecule has 7 heteroatoms. The van der Waals surface area contributed by atoms with Gasteiger partial charge in [-0.15, -0.1) is 0 Å². The molecule has 1 aliphatic carbocycles. The van der Waals surface area contributed by atoms with Crippen molar-refractivity contribution >= 4 is 28.1 Å². The van der Waals surface area contributed by atoms with E-state index in [0.717, 1.165) is 5.69 Å². The number of hydrogen-bond donors (Lipinski definition) is 2. The summed E-state index contributed by atoms with van der Waals surface area (Å²) in [6.45, 7) is 0.596.